The van der Waals surface area contributed by atoms with Gasteiger partial charge in [0.25, 0.3) is 11.5 Å². The third-order valence-electron chi connectivity index (χ3n) is 5.58. The molecule has 1 aliphatic rings. The van der Waals surface area contributed by atoms with Crippen molar-refractivity contribution in [1.29, 1.82) is 0 Å². The van der Waals surface area contributed by atoms with Crippen LogP contribution in [0.1, 0.15) is 23.4 Å². The van der Waals surface area contributed by atoms with Crippen LogP contribution in [0.25, 0.3) is 6.08 Å². The van der Waals surface area contributed by atoms with Gasteiger partial charge in [-0.15, -0.1) is 11.3 Å². The number of aromatic nitrogens is 1. The molecule has 1 N–H and O–H groups in total. The fraction of sp³-hybridized carbons (Fsp3) is 0.115. The van der Waals surface area contributed by atoms with Crippen molar-refractivity contribution < 1.29 is 9.53 Å². The zero-order chi connectivity index (χ0) is 24.5. The van der Waals surface area contributed by atoms with Gasteiger partial charge in [-0.25, -0.2) is 4.99 Å². The Morgan fingerprint density at radius 1 is 1.17 bits per heavy atom. The molecule has 3 heterocycles. The molecule has 4 aromatic rings. The fourth-order valence-electron chi connectivity index (χ4n) is 3.97. The first-order chi connectivity index (χ1) is 17.0. The third kappa shape index (κ3) is 4.48. The number of amides is 1. The minimum absolute atomic E-state index is 0.211. The number of methoxy groups -OCH3 is 1. The van der Waals surface area contributed by atoms with E-state index in [0.29, 0.717) is 37.1 Å². The van der Waals surface area contributed by atoms with Gasteiger partial charge in [-0.3, -0.25) is 14.2 Å². The third-order valence-corrected chi connectivity index (χ3v) is 7.79. The lowest BCUT2D eigenvalue weighted by molar-refractivity contribution is -0.113. The molecule has 176 valence electrons. The van der Waals surface area contributed by atoms with Crippen LogP contribution < -0.4 is 24.9 Å². The second-order valence-corrected chi connectivity index (χ2v) is 10.2. The van der Waals surface area contributed by atoms with E-state index in [1.165, 1.54) is 22.7 Å². The molecule has 0 radical (unpaired) electrons. The van der Waals surface area contributed by atoms with Crippen LogP contribution in [0.2, 0.25) is 5.02 Å². The number of fused-ring (bicyclic) bond motifs is 1. The van der Waals surface area contributed by atoms with Crippen LogP contribution in [0.5, 0.6) is 5.75 Å². The zero-order valence-corrected chi connectivity index (χ0v) is 21.2. The van der Waals surface area contributed by atoms with Crippen LogP contribution in [0.3, 0.4) is 0 Å². The molecule has 5 rings (SSSR count). The fourth-order valence-corrected chi connectivity index (χ4v) is 6.11. The molecule has 6 nitrogen and oxygen atoms in total. The van der Waals surface area contributed by atoms with Gasteiger partial charge in [0.15, 0.2) is 4.80 Å². The summed E-state index contributed by atoms with van der Waals surface area (Å²) in [6.45, 7) is 1.81. The van der Waals surface area contributed by atoms with E-state index in [1.807, 2.05) is 53.9 Å². The number of para-hydroxylation sites is 1. The minimum atomic E-state index is -0.573. The molecule has 2 aromatic heterocycles. The SMILES string of the molecule is COc1ccc(/C=c2/sc3n(c2=O)[C@H](c2cccs2)C(C(=O)Nc2ccccc2)=C(C)N=3)cc1Cl. The quantitative estimate of drug-likeness (QED) is 0.417. The second-order valence-electron chi connectivity index (χ2n) is 7.81. The number of nitrogens with one attached hydrogen (secondary N) is 1. The Morgan fingerprint density at radius 2 is 1.97 bits per heavy atom. The number of benzene rings is 2. The molecule has 2 aromatic carbocycles. The van der Waals surface area contributed by atoms with Gasteiger partial charge in [0.2, 0.25) is 0 Å². The molecule has 1 atom stereocenters. The Bertz CT molecular complexity index is 1620. The molecule has 0 saturated heterocycles. The van der Waals surface area contributed by atoms with E-state index in [1.54, 1.807) is 36.8 Å². The second kappa shape index (κ2) is 9.65. The summed E-state index contributed by atoms with van der Waals surface area (Å²) >= 11 is 9.06. The molecule has 0 spiro atoms. The van der Waals surface area contributed by atoms with E-state index < -0.39 is 6.04 Å². The lowest BCUT2D eigenvalue weighted by Gasteiger charge is -2.24. The van der Waals surface area contributed by atoms with Gasteiger partial charge in [0.1, 0.15) is 11.8 Å². The van der Waals surface area contributed by atoms with Crippen molar-refractivity contribution in [2.45, 2.75) is 13.0 Å². The predicted molar refractivity (Wildman–Crippen MR) is 141 cm³/mol. The van der Waals surface area contributed by atoms with Crippen molar-refractivity contribution >= 4 is 51.9 Å². The number of carbonyl (C=O) groups is 1. The van der Waals surface area contributed by atoms with E-state index >= 15 is 0 Å². The number of anilines is 1. The van der Waals surface area contributed by atoms with Gasteiger partial charge in [0, 0.05) is 10.6 Å². The first-order valence-electron chi connectivity index (χ1n) is 10.7. The number of carbonyl (C=O) groups excluding carboxylic acids is 1. The monoisotopic (exact) mass is 521 g/mol. The number of halogens is 1. The van der Waals surface area contributed by atoms with Gasteiger partial charge in [-0.2, -0.15) is 0 Å². The first kappa shape index (κ1) is 23.3. The van der Waals surface area contributed by atoms with E-state index in [9.17, 15) is 9.59 Å². The summed E-state index contributed by atoms with van der Waals surface area (Å²) in [6.07, 6.45) is 1.78. The molecule has 9 heteroatoms. The van der Waals surface area contributed by atoms with Gasteiger partial charge >= 0.3 is 0 Å². The number of hydrogen-bond donors (Lipinski definition) is 1. The molecule has 0 bridgehead atoms. The summed E-state index contributed by atoms with van der Waals surface area (Å²) in [5, 5.41) is 5.35. The van der Waals surface area contributed by atoms with Crippen molar-refractivity contribution in [3.63, 3.8) is 0 Å². The summed E-state index contributed by atoms with van der Waals surface area (Å²) in [5.41, 5.74) is 2.26. The number of ether oxygens (including phenoxy) is 1. The number of nitrogens with zero attached hydrogens (tertiary/aromatic N) is 2. The maximum atomic E-state index is 13.6. The van der Waals surface area contributed by atoms with Crippen LogP contribution >= 0.6 is 34.3 Å². The normalized spacial score (nSPS) is 15.5. The highest BCUT2D eigenvalue weighted by atomic mass is 35.5. The number of thiazole rings is 1. The van der Waals surface area contributed by atoms with Gasteiger partial charge in [-0.1, -0.05) is 53.3 Å². The van der Waals surface area contributed by atoms with Gasteiger partial charge in [-0.05, 0) is 54.3 Å². The first-order valence-corrected chi connectivity index (χ1v) is 12.8. The molecule has 0 aliphatic carbocycles. The number of rotatable bonds is 5. The van der Waals surface area contributed by atoms with Gasteiger partial charge in [0.05, 0.1) is 27.9 Å². The van der Waals surface area contributed by atoms with Crippen molar-refractivity contribution in [2.24, 2.45) is 4.99 Å². The summed E-state index contributed by atoms with van der Waals surface area (Å²) in [6, 6.07) is 17.9. The molecule has 0 fully saturated rings. The molecule has 1 aliphatic heterocycles. The van der Waals surface area contributed by atoms with Crippen molar-refractivity contribution in [1.82, 2.24) is 4.57 Å². The number of hydrogen-bond acceptors (Lipinski definition) is 6. The standard InChI is InChI=1S/C26H20ClN3O3S2/c1-15-22(24(31)29-17-7-4-3-5-8-17)23(20-9-6-12-34-20)30-25(32)21(35-26(30)28-15)14-16-10-11-19(33-2)18(27)13-16/h3-14,23H,1-2H3,(H,29,31)/b21-14+/t23-/m1/s1. The molecular formula is C26H20ClN3O3S2. The summed E-state index contributed by atoms with van der Waals surface area (Å²) in [7, 11) is 1.55. The Balaban J connectivity index is 1.63. The lowest BCUT2D eigenvalue weighted by atomic mass is 10.0. The average molecular weight is 522 g/mol. The molecule has 35 heavy (non-hydrogen) atoms. The lowest BCUT2D eigenvalue weighted by Crippen LogP contribution is -2.40. The topological polar surface area (TPSA) is 72.7 Å². The Morgan fingerprint density at radius 3 is 2.66 bits per heavy atom. The highest BCUT2D eigenvalue weighted by molar-refractivity contribution is 7.10. The summed E-state index contributed by atoms with van der Waals surface area (Å²) in [5.74, 6) is 0.278. The van der Waals surface area contributed by atoms with Crippen molar-refractivity contribution in [3.05, 3.63) is 112 Å². The molecule has 1 amide bonds. The molecule has 0 saturated carbocycles. The highest BCUT2D eigenvalue weighted by Crippen LogP contribution is 2.33. The largest absolute Gasteiger partial charge is 0.495 e. The van der Waals surface area contributed by atoms with Crippen LogP contribution in [-0.4, -0.2) is 17.6 Å². The minimum Gasteiger partial charge on any atom is -0.495 e. The van der Waals surface area contributed by atoms with E-state index in [2.05, 4.69) is 10.3 Å². The van der Waals surface area contributed by atoms with E-state index in [-0.39, 0.29) is 11.5 Å². The smallest absolute Gasteiger partial charge is 0.271 e. The number of thiophene rings is 1. The highest BCUT2D eigenvalue weighted by Gasteiger charge is 2.33. The van der Waals surface area contributed by atoms with Crippen LogP contribution in [-0.2, 0) is 4.79 Å². The Kier molecular flexibility index (Phi) is 6.42. The summed E-state index contributed by atoms with van der Waals surface area (Å²) in [4.78, 5) is 33.2. The maximum Gasteiger partial charge on any atom is 0.271 e. The summed E-state index contributed by atoms with van der Waals surface area (Å²) < 4.78 is 7.33. The Hall–Kier alpha value is -3.46. The van der Waals surface area contributed by atoms with Crippen LogP contribution in [0.15, 0.2) is 87.1 Å². The molecule has 0 unspecified atom stereocenters. The Labute approximate surface area is 214 Å². The predicted octanol–water partition coefficient (Wildman–Crippen LogP) is 4.60. The van der Waals surface area contributed by atoms with Crippen molar-refractivity contribution in [2.75, 3.05) is 12.4 Å². The van der Waals surface area contributed by atoms with Gasteiger partial charge < -0.3 is 10.1 Å². The van der Waals surface area contributed by atoms with Crippen LogP contribution in [0.4, 0.5) is 5.69 Å². The number of allylic oxidation sites excluding steroid dienone is 1. The van der Waals surface area contributed by atoms with Crippen LogP contribution in [0, 0.1) is 0 Å². The van der Waals surface area contributed by atoms with E-state index in [4.69, 9.17) is 16.3 Å². The molecular weight excluding hydrogens is 502 g/mol. The maximum absolute atomic E-state index is 13.6. The average Bonchev–Trinajstić information content (AvgIpc) is 3.48. The zero-order valence-electron chi connectivity index (χ0n) is 18.8. The van der Waals surface area contributed by atoms with Crippen molar-refractivity contribution in [3.8, 4) is 5.75 Å². The van der Waals surface area contributed by atoms with E-state index in [0.717, 1.165) is 10.4 Å².